The van der Waals surface area contributed by atoms with Crippen LogP contribution in [0.1, 0.15) is 57.6 Å². The molecule has 162 valence electrons. The Kier molecular flexibility index (Phi) is 3.92. The number of methoxy groups -OCH3 is 1. The number of rotatable bonds is 3. The third-order valence-electron chi connectivity index (χ3n) is 8.89. The highest BCUT2D eigenvalue weighted by Gasteiger charge is 2.66. The van der Waals surface area contributed by atoms with Crippen LogP contribution in [-0.4, -0.2) is 34.9 Å². The van der Waals surface area contributed by atoms with E-state index in [1.165, 1.54) is 12.7 Å². The topological polar surface area (TPSA) is 59.5 Å². The van der Waals surface area contributed by atoms with E-state index in [-0.39, 0.29) is 29.4 Å². The third-order valence-corrected chi connectivity index (χ3v) is 8.89. The summed E-state index contributed by atoms with van der Waals surface area (Å²) in [6.07, 6.45) is 6.84. The van der Waals surface area contributed by atoms with Gasteiger partial charge in [0.2, 0.25) is 5.91 Å². The third kappa shape index (κ3) is 2.46. The molecule has 5 aliphatic rings. The highest BCUT2D eigenvalue weighted by atomic mass is 16.5. The number of likely N-dealkylation sites (tertiary alicyclic amines) is 1. The monoisotopic (exact) mass is 418 g/mol. The summed E-state index contributed by atoms with van der Waals surface area (Å²) < 4.78 is 5.24. The highest BCUT2D eigenvalue weighted by molar-refractivity contribution is 5.93. The zero-order chi connectivity index (χ0) is 21.5. The van der Waals surface area contributed by atoms with Gasteiger partial charge < -0.3 is 9.64 Å². The predicted octanol–water partition coefficient (Wildman–Crippen LogP) is 4.51. The number of hydrogen-bond acceptors (Lipinski definition) is 4. The van der Waals surface area contributed by atoms with Gasteiger partial charge in [-0.2, -0.15) is 0 Å². The van der Waals surface area contributed by atoms with E-state index < -0.39 is 5.41 Å². The number of pyridine rings is 1. The van der Waals surface area contributed by atoms with E-state index in [9.17, 15) is 9.59 Å². The number of hydrogen-bond donors (Lipinski definition) is 0. The van der Waals surface area contributed by atoms with Crippen molar-refractivity contribution in [3.8, 4) is 0 Å². The van der Waals surface area contributed by atoms with Gasteiger partial charge in [-0.05, 0) is 81.4 Å². The van der Waals surface area contributed by atoms with Crippen molar-refractivity contribution in [2.45, 2.75) is 58.0 Å². The number of para-hydroxylation sites is 1. The van der Waals surface area contributed by atoms with Crippen LogP contribution in [0.4, 0.5) is 0 Å². The van der Waals surface area contributed by atoms with E-state index >= 15 is 0 Å². The Morgan fingerprint density at radius 2 is 1.81 bits per heavy atom. The lowest BCUT2D eigenvalue weighted by Gasteiger charge is -2.66. The number of nitrogens with zero attached hydrogens (tertiary/aromatic N) is 2. The van der Waals surface area contributed by atoms with Crippen LogP contribution in [0.5, 0.6) is 0 Å². The minimum atomic E-state index is -0.432. The molecule has 31 heavy (non-hydrogen) atoms. The van der Waals surface area contributed by atoms with Crippen LogP contribution in [0.2, 0.25) is 0 Å². The molecule has 5 heteroatoms. The van der Waals surface area contributed by atoms with E-state index in [1.807, 2.05) is 24.4 Å². The van der Waals surface area contributed by atoms with E-state index in [2.05, 4.69) is 35.9 Å². The molecule has 1 saturated heterocycles. The maximum atomic E-state index is 13.5. The molecule has 2 heterocycles. The molecule has 2 aromatic rings. The minimum Gasteiger partial charge on any atom is -0.469 e. The lowest BCUT2D eigenvalue weighted by atomic mass is 9.47. The summed E-state index contributed by atoms with van der Waals surface area (Å²) in [5, 5.41) is 1.13. The molecule has 7 rings (SSSR count). The summed E-state index contributed by atoms with van der Waals surface area (Å²) in [4.78, 5) is 33.0. The Morgan fingerprint density at radius 3 is 2.52 bits per heavy atom. The van der Waals surface area contributed by atoms with Crippen LogP contribution in [0.25, 0.3) is 10.9 Å². The van der Waals surface area contributed by atoms with Gasteiger partial charge in [0.25, 0.3) is 0 Å². The summed E-state index contributed by atoms with van der Waals surface area (Å²) in [6, 6.07) is 10.6. The van der Waals surface area contributed by atoms with Crippen molar-refractivity contribution in [3.63, 3.8) is 0 Å². The van der Waals surface area contributed by atoms with Crippen LogP contribution in [0.3, 0.4) is 0 Å². The van der Waals surface area contributed by atoms with Crippen LogP contribution < -0.4 is 0 Å². The van der Waals surface area contributed by atoms with Crippen LogP contribution in [0, 0.1) is 28.6 Å². The zero-order valence-electron chi connectivity index (χ0n) is 18.5. The van der Waals surface area contributed by atoms with Crippen LogP contribution in [0.15, 0.2) is 36.5 Å². The Balaban J connectivity index is 1.41. The summed E-state index contributed by atoms with van der Waals surface area (Å²) in [6.45, 7) is 4.16. The van der Waals surface area contributed by atoms with Gasteiger partial charge in [-0.15, -0.1) is 0 Å². The number of β-lactam (4-membered cyclic amide) rings is 1. The molecule has 0 radical (unpaired) electrons. The highest BCUT2D eigenvalue weighted by Crippen LogP contribution is 2.65. The second-order valence-corrected chi connectivity index (χ2v) is 11.0. The Morgan fingerprint density at radius 1 is 1.10 bits per heavy atom. The van der Waals surface area contributed by atoms with E-state index in [0.29, 0.717) is 17.8 Å². The van der Waals surface area contributed by atoms with Crippen molar-refractivity contribution in [1.29, 1.82) is 0 Å². The summed E-state index contributed by atoms with van der Waals surface area (Å²) >= 11 is 0. The molecule has 1 aromatic carbocycles. The summed E-state index contributed by atoms with van der Waals surface area (Å²) in [5.74, 6) is 1.60. The molecule has 1 aromatic heterocycles. The Labute approximate surface area is 183 Å². The SMILES string of the molecule is COC(=O)C12CC3CC(C1)C(N1C(=O)C(C)(C)C1c1ccnc4ccccc14)[C@@H](C3)C2. The fourth-order valence-electron chi connectivity index (χ4n) is 7.97. The van der Waals surface area contributed by atoms with E-state index in [4.69, 9.17) is 4.74 Å². The minimum absolute atomic E-state index is 0.0303. The molecule has 4 saturated carbocycles. The number of benzene rings is 1. The van der Waals surface area contributed by atoms with Gasteiger partial charge in [0, 0.05) is 17.6 Å². The molecule has 0 N–H and O–H groups in total. The molecule has 4 bridgehead atoms. The van der Waals surface area contributed by atoms with Gasteiger partial charge in [0.15, 0.2) is 0 Å². The smallest absolute Gasteiger partial charge is 0.311 e. The first-order valence-electron chi connectivity index (χ1n) is 11.6. The van der Waals surface area contributed by atoms with Crippen LogP contribution >= 0.6 is 0 Å². The standard InChI is InChI=1S/C26H30N2O3/c1-25(2)22(19-8-9-27-20-7-5-4-6-18(19)20)28(23(25)29)21-16-10-15-11-17(21)14-26(12-15,13-16)24(30)31-3/h4-9,15-17,21-22H,10-14H2,1-3H3/t15?,16-,17?,21?,22?,26?/m0/s1. The zero-order valence-corrected chi connectivity index (χ0v) is 18.5. The lowest BCUT2D eigenvalue weighted by Crippen LogP contribution is -2.70. The molecule has 0 spiro atoms. The molecular weight excluding hydrogens is 388 g/mol. The Hall–Kier alpha value is -2.43. The van der Waals surface area contributed by atoms with Gasteiger partial charge in [-0.3, -0.25) is 14.6 Å². The molecule has 1 amide bonds. The van der Waals surface area contributed by atoms with E-state index in [1.54, 1.807) is 0 Å². The van der Waals surface area contributed by atoms with Gasteiger partial charge in [0.05, 0.1) is 29.5 Å². The van der Waals surface area contributed by atoms with Gasteiger partial charge >= 0.3 is 5.97 Å². The van der Waals surface area contributed by atoms with Crippen LogP contribution in [-0.2, 0) is 14.3 Å². The largest absolute Gasteiger partial charge is 0.469 e. The number of carbonyl (C=O) groups is 2. The first-order chi connectivity index (χ1) is 14.9. The molecule has 5 fully saturated rings. The number of fused-ring (bicyclic) bond motifs is 1. The second kappa shape index (κ2) is 6.30. The molecule has 5 unspecified atom stereocenters. The molecular formula is C26H30N2O3. The van der Waals surface area contributed by atoms with Crippen molar-refractivity contribution in [2.24, 2.45) is 28.6 Å². The van der Waals surface area contributed by atoms with Crippen molar-refractivity contribution < 1.29 is 14.3 Å². The van der Waals surface area contributed by atoms with Crippen molar-refractivity contribution in [2.75, 3.05) is 7.11 Å². The number of aromatic nitrogens is 1. The maximum Gasteiger partial charge on any atom is 0.311 e. The average molecular weight is 419 g/mol. The molecule has 1 aliphatic heterocycles. The first-order valence-corrected chi connectivity index (χ1v) is 11.6. The normalized spacial score (nSPS) is 37.7. The fourth-order valence-corrected chi connectivity index (χ4v) is 7.97. The van der Waals surface area contributed by atoms with Crippen molar-refractivity contribution >= 4 is 22.8 Å². The summed E-state index contributed by atoms with van der Waals surface area (Å²) in [5.41, 5.74) is 1.43. The second-order valence-electron chi connectivity index (χ2n) is 11.0. The number of amides is 1. The maximum absolute atomic E-state index is 13.5. The van der Waals surface area contributed by atoms with E-state index in [0.717, 1.165) is 43.0 Å². The lowest BCUT2D eigenvalue weighted by molar-refractivity contribution is -0.203. The Bertz CT molecular complexity index is 1070. The average Bonchev–Trinajstić information content (AvgIpc) is 2.76. The van der Waals surface area contributed by atoms with Gasteiger partial charge in [-0.25, -0.2) is 0 Å². The van der Waals surface area contributed by atoms with Gasteiger partial charge in [-0.1, -0.05) is 18.2 Å². The van der Waals surface area contributed by atoms with Gasteiger partial charge in [0.1, 0.15) is 0 Å². The summed E-state index contributed by atoms with van der Waals surface area (Å²) in [7, 11) is 1.52. The number of esters is 1. The molecule has 6 atom stereocenters. The fraction of sp³-hybridized carbons (Fsp3) is 0.577. The quantitative estimate of drug-likeness (QED) is 0.543. The van der Waals surface area contributed by atoms with Crippen molar-refractivity contribution in [3.05, 3.63) is 42.1 Å². The first kappa shape index (κ1) is 19.3. The predicted molar refractivity (Wildman–Crippen MR) is 117 cm³/mol. The molecule has 5 nitrogen and oxygen atoms in total. The number of carbonyl (C=O) groups excluding carboxylic acids is 2. The molecule has 4 aliphatic carbocycles. The number of ether oxygens (including phenoxy) is 1. The van der Waals surface area contributed by atoms with Crippen molar-refractivity contribution in [1.82, 2.24) is 9.88 Å².